The minimum atomic E-state index is -0.567. The third-order valence-electron chi connectivity index (χ3n) is 4.24. The number of hydroxylamine groups is 1. The molecule has 0 radical (unpaired) electrons. The van der Waals surface area contributed by atoms with Crippen LogP contribution in [0.25, 0.3) is 6.08 Å². The van der Waals surface area contributed by atoms with E-state index in [1.54, 1.807) is 23.7 Å². The topological polar surface area (TPSA) is 78.4 Å². The molecule has 3 rings (SSSR count). The molecule has 1 heterocycles. The van der Waals surface area contributed by atoms with Crippen LogP contribution >= 0.6 is 11.3 Å². The molecule has 6 heteroatoms. The zero-order valence-electron chi connectivity index (χ0n) is 15.0. The van der Waals surface area contributed by atoms with Gasteiger partial charge in [-0.2, -0.15) is 0 Å². The Bertz CT molecular complexity index is 913. The number of carbonyl (C=O) groups excluding carboxylic acids is 2. The van der Waals surface area contributed by atoms with Crippen LogP contribution in [0.4, 0.5) is 0 Å². The Labute approximate surface area is 167 Å². The molecule has 0 atom stereocenters. The minimum Gasteiger partial charge on any atom is -0.352 e. The van der Waals surface area contributed by atoms with Crippen LogP contribution in [-0.2, 0) is 4.79 Å². The lowest BCUT2D eigenvalue weighted by Crippen LogP contribution is -2.27. The maximum Gasteiger partial charge on any atom is 0.284 e. The van der Waals surface area contributed by atoms with Crippen molar-refractivity contribution in [2.75, 3.05) is 6.54 Å². The van der Waals surface area contributed by atoms with Crippen molar-refractivity contribution in [1.82, 2.24) is 10.8 Å². The second kappa shape index (κ2) is 9.64. The van der Waals surface area contributed by atoms with Gasteiger partial charge in [0.15, 0.2) is 0 Å². The van der Waals surface area contributed by atoms with E-state index in [-0.39, 0.29) is 11.8 Å². The Morgan fingerprint density at radius 1 is 0.929 bits per heavy atom. The Hall–Kier alpha value is -3.22. The highest BCUT2D eigenvalue weighted by molar-refractivity contribution is 7.14. The van der Waals surface area contributed by atoms with Crippen molar-refractivity contribution in [3.05, 3.63) is 99.8 Å². The van der Waals surface area contributed by atoms with Crippen molar-refractivity contribution < 1.29 is 14.8 Å². The smallest absolute Gasteiger partial charge is 0.284 e. The maximum absolute atomic E-state index is 12.3. The lowest BCUT2D eigenvalue weighted by molar-refractivity contribution is -0.116. The first-order valence-corrected chi connectivity index (χ1v) is 9.59. The Kier molecular flexibility index (Phi) is 6.73. The van der Waals surface area contributed by atoms with Crippen LogP contribution in [0.15, 0.2) is 78.9 Å². The SMILES string of the molecule is O=C(C=Cc1ccc(C(=O)NO)s1)NCC(c1ccccc1)c1ccccc1. The Morgan fingerprint density at radius 3 is 2.11 bits per heavy atom. The molecule has 3 N–H and O–H groups in total. The van der Waals surface area contributed by atoms with Gasteiger partial charge in [-0.3, -0.25) is 14.8 Å². The van der Waals surface area contributed by atoms with E-state index in [1.165, 1.54) is 17.4 Å². The second-order valence-electron chi connectivity index (χ2n) is 6.10. The summed E-state index contributed by atoms with van der Waals surface area (Å²) in [4.78, 5) is 24.7. The zero-order valence-corrected chi connectivity index (χ0v) is 15.9. The molecule has 142 valence electrons. The summed E-state index contributed by atoms with van der Waals surface area (Å²) in [6, 6.07) is 23.4. The van der Waals surface area contributed by atoms with Gasteiger partial charge in [-0.15, -0.1) is 11.3 Å². The predicted molar refractivity (Wildman–Crippen MR) is 110 cm³/mol. The number of benzene rings is 2. The van der Waals surface area contributed by atoms with Gasteiger partial charge < -0.3 is 5.32 Å². The van der Waals surface area contributed by atoms with Crippen LogP contribution in [-0.4, -0.2) is 23.6 Å². The summed E-state index contributed by atoms with van der Waals surface area (Å²) in [5.74, 6) is -0.720. The summed E-state index contributed by atoms with van der Waals surface area (Å²) in [5, 5.41) is 11.6. The van der Waals surface area contributed by atoms with E-state index >= 15 is 0 Å². The van der Waals surface area contributed by atoms with Gasteiger partial charge in [-0.05, 0) is 29.3 Å². The number of thiophene rings is 1. The molecule has 0 bridgehead atoms. The van der Waals surface area contributed by atoms with Crippen LogP contribution < -0.4 is 10.8 Å². The van der Waals surface area contributed by atoms with E-state index < -0.39 is 5.91 Å². The van der Waals surface area contributed by atoms with Gasteiger partial charge >= 0.3 is 0 Å². The average Bonchev–Trinajstić information content (AvgIpc) is 3.22. The monoisotopic (exact) mass is 392 g/mol. The normalized spacial score (nSPS) is 10.9. The largest absolute Gasteiger partial charge is 0.352 e. The molecule has 1 aromatic heterocycles. The van der Waals surface area contributed by atoms with Gasteiger partial charge in [-0.1, -0.05) is 60.7 Å². The van der Waals surface area contributed by atoms with Gasteiger partial charge in [-0.25, -0.2) is 5.48 Å². The zero-order chi connectivity index (χ0) is 19.8. The predicted octanol–water partition coefficient (Wildman–Crippen LogP) is 3.83. The van der Waals surface area contributed by atoms with Crippen LogP contribution in [0, 0.1) is 0 Å². The molecule has 0 saturated carbocycles. The highest BCUT2D eigenvalue weighted by atomic mass is 32.1. The highest BCUT2D eigenvalue weighted by Gasteiger charge is 2.14. The van der Waals surface area contributed by atoms with Gasteiger partial charge in [0.25, 0.3) is 5.91 Å². The minimum absolute atomic E-state index is 0.0568. The van der Waals surface area contributed by atoms with Crippen LogP contribution in [0.1, 0.15) is 31.6 Å². The van der Waals surface area contributed by atoms with Crippen molar-refractivity contribution in [2.24, 2.45) is 0 Å². The molecule has 0 saturated heterocycles. The maximum atomic E-state index is 12.3. The van der Waals surface area contributed by atoms with Gasteiger partial charge in [0.05, 0.1) is 4.88 Å². The number of amides is 2. The van der Waals surface area contributed by atoms with E-state index in [0.717, 1.165) is 16.0 Å². The first-order valence-electron chi connectivity index (χ1n) is 8.77. The fraction of sp³-hybridized carbons (Fsp3) is 0.0909. The second-order valence-corrected chi connectivity index (χ2v) is 7.21. The number of nitrogens with one attached hydrogen (secondary N) is 2. The van der Waals surface area contributed by atoms with Crippen molar-refractivity contribution in [1.29, 1.82) is 0 Å². The standard InChI is InChI=1S/C22H20N2O3S/c25-21(14-12-18-11-13-20(28-18)22(26)24-27)23-15-19(16-7-3-1-4-8-16)17-9-5-2-6-10-17/h1-14,19,27H,15H2,(H,23,25)(H,24,26). The molecular formula is C22H20N2O3S. The number of carbonyl (C=O) groups is 2. The van der Waals surface area contributed by atoms with Crippen molar-refractivity contribution in [2.45, 2.75) is 5.92 Å². The summed E-state index contributed by atoms with van der Waals surface area (Å²) < 4.78 is 0. The van der Waals surface area contributed by atoms with Crippen molar-refractivity contribution in [3.8, 4) is 0 Å². The Morgan fingerprint density at radius 2 is 1.54 bits per heavy atom. The summed E-state index contributed by atoms with van der Waals surface area (Å²) in [6.07, 6.45) is 3.09. The molecule has 0 unspecified atom stereocenters. The fourth-order valence-electron chi connectivity index (χ4n) is 2.84. The van der Waals surface area contributed by atoms with E-state index in [1.807, 2.05) is 36.4 Å². The fourth-order valence-corrected chi connectivity index (χ4v) is 3.64. The van der Waals surface area contributed by atoms with Gasteiger partial charge in [0, 0.05) is 23.4 Å². The number of hydrogen-bond acceptors (Lipinski definition) is 4. The quantitative estimate of drug-likeness (QED) is 0.325. The molecule has 0 aliphatic heterocycles. The molecule has 0 spiro atoms. The van der Waals surface area contributed by atoms with Gasteiger partial charge in [0.2, 0.25) is 5.91 Å². The van der Waals surface area contributed by atoms with E-state index in [4.69, 9.17) is 5.21 Å². The molecule has 28 heavy (non-hydrogen) atoms. The summed E-state index contributed by atoms with van der Waals surface area (Å²) in [7, 11) is 0. The molecule has 0 aliphatic carbocycles. The van der Waals surface area contributed by atoms with E-state index in [9.17, 15) is 9.59 Å². The third kappa shape index (κ3) is 5.16. The number of hydrogen-bond donors (Lipinski definition) is 3. The summed E-state index contributed by atoms with van der Waals surface area (Å²) in [6.45, 7) is 0.472. The Balaban J connectivity index is 1.65. The molecule has 2 aromatic carbocycles. The third-order valence-corrected chi connectivity index (χ3v) is 5.28. The number of rotatable bonds is 7. The van der Waals surface area contributed by atoms with Crippen molar-refractivity contribution >= 4 is 29.2 Å². The lowest BCUT2D eigenvalue weighted by Gasteiger charge is -2.18. The molecule has 2 amide bonds. The lowest BCUT2D eigenvalue weighted by atomic mass is 9.91. The first-order chi connectivity index (χ1) is 13.7. The molecular weight excluding hydrogens is 372 g/mol. The van der Waals surface area contributed by atoms with Crippen LogP contribution in [0.2, 0.25) is 0 Å². The molecule has 0 aliphatic rings. The highest BCUT2D eigenvalue weighted by Crippen LogP contribution is 2.23. The first kappa shape index (κ1) is 19.5. The van der Waals surface area contributed by atoms with Gasteiger partial charge in [0.1, 0.15) is 0 Å². The summed E-state index contributed by atoms with van der Waals surface area (Å²) in [5.41, 5.74) is 3.86. The van der Waals surface area contributed by atoms with Crippen molar-refractivity contribution in [3.63, 3.8) is 0 Å². The average molecular weight is 392 g/mol. The molecule has 3 aromatic rings. The van der Waals surface area contributed by atoms with Crippen LogP contribution in [0.3, 0.4) is 0 Å². The summed E-state index contributed by atoms with van der Waals surface area (Å²) >= 11 is 1.19. The van der Waals surface area contributed by atoms with E-state index in [0.29, 0.717) is 11.4 Å². The van der Waals surface area contributed by atoms with E-state index in [2.05, 4.69) is 29.6 Å². The van der Waals surface area contributed by atoms with Crippen LogP contribution in [0.5, 0.6) is 0 Å². The molecule has 0 fully saturated rings. The molecule has 5 nitrogen and oxygen atoms in total.